The maximum absolute atomic E-state index is 9.85. The number of aliphatic hydroxyl groups excluding tert-OH is 2. The minimum absolute atomic E-state index is 0.223. The molecule has 1 saturated carbocycles. The van der Waals surface area contributed by atoms with Crippen molar-refractivity contribution >= 4 is 0 Å². The summed E-state index contributed by atoms with van der Waals surface area (Å²) in [6, 6.07) is 0. The molecule has 1 fully saturated rings. The van der Waals surface area contributed by atoms with Gasteiger partial charge in [-0.3, -0.25) is 0 Å². The van der Waals surface area contributed by atoms with Gasteiger partial charge in [0.2, 0.25) is 0 Å². The van der Waals surface area contributed by atoms with E-state index in [9.17, 15) is 10.2 Å². The Morgan fingerprint density at radius 3 is 2.14 bits per heavy atom. The quantitative estimate of drug-likeness (QED) is 0.557. The van der Waals surface area contributed by atoms with E-state index in [1.165, 1.54) is 0 Å². The molecule has 2 heteroatoms. The molecule has 74 valence electrons. The van der Waals surface area contributed by atoms with Gasteiger partial charge in [-0.25, -0.2) is 0 Å². The highest BCUT2D eigenvalue weighted by Gasteiger charge is 2.52. The Labute approximate surface area is 83.3 Å². The molecular weight excluding hydrogens is 176 g/mol. The Balaban J connectivity index is 1.91. The molecule has 3 rings (SSSR count). The summed E-state index contributed by atoms with van der Waals surface area (Å²) in [5.74, 6) is 1.63. The van der Waals surface area contributed by atoms with Crippen molar-refractivity contribution in [1.29, 1.82) is 0 Å². The van der Waals surface area contributed by atoms with Gasteiger partial charge in [0.25, 0.3) is 0 Å². The van der Waals surface area contributed by atoms with Crippen LogP contribution >= 0.6 is 0 Å². The molecule has 0 amide bonds. The van der Waals surface area contributed by atoms with Crippen molar-refractivity contribution in [3.63, 3.8) is 0 Å². The lowest BCUT2D eigenvalue weighted by Crippen LogP contribution is -2.55. The van der Waals surface area contributed by atoms with Gasteiger partial charge in [0.05, 0.1) is 12.2 Å². The Hall–Kier alpha value is -0.860. The first-order chi connectivity index (χ1) is 6.79. The zero-order valence-electron chi connectivity index (χ0n) is 7.82. The molecule has 0 aromatic heterocycles. The summed E-state index contributed by atoms with van der Waals surface area (Å²) >= 11 is 0. The van der Waals surface area contributed by atoms with Crippen LogP contribution in [0, 0.1) is 23.7 Å². The number of allylic oxidation sites excluding steroid dienone is 5. The molecule has 0 unspecified atom stereocenters. The summed E-state index contributed by atoms with van der Waals surface area (Å²) < 4.78 is 0. The predicted molar refractivity (Wildman–Crippen MR) is 53.4 cm³/mol. The first kappa shape index (κ1) is 8.45. The van der Waals surface area contributed by atoms with Crippen LogP contribution in [0.5, 0.6) is 0 Å². The number of rotatable bonds is 0. The molecule has 0 radical (unpaired) electrons. The summed E-state index contributed by atoms with van der Waals surface area (Å²) in [4.78, 5) is 0. The molecule has 6 atom stereocenters. The van der Waals surface area contributed by atoms with E-state index in [1.54, 1.807) is 6.08 Å². The van der Waals surface area contributed by atoms with Gasteiger partial charge in [-0.05, 0) is 17.8 Å². The zero-order chi connectivity index (χ0) is 9.71. The van der Waals surface area contributed by atoms with Crippen LogP contribution in [-0.4, -0.2) is 22.4 Å². The van der Waals surface area contributed by atoms with E-state index < -0.39 is 12.2 Å². The largest absolute Gasteiger partial charge is 0.390 e. The Bertz CT molecular complexity index is 329. The van der Waals surface area contributed by atoms with Crippen molar-refractivity contribution in [2.24, 2.45) is 23.7 Å². The van der Waals surface area contributed by atoms with Gasteiger partial charge in [-0.2, -0.15) is 0 Å². The third kappa shape index (κ3) is 0.928. The fourth-order valence-electron chi connectivity index (χ4n) is 3.07. The van der Waals surface area contributed by atoms with Crippen LogP contribution in [0.3, 0.4) is 0 Å². The summed E-state index contributed by atoms with van der Waals surface area (Å²) in [7, 11) is 0. The standard InChI is InChI=1S/C12H14O2/c13-10-6-5-9-7-3-1-2-4-8(7)11(9)12(10)14/h1-14H/t7-,8+,9-,10-,11+,12-/m1/s1. The molecule has 3 aliphatic rings. The van der Waals surface area contributed by atoms with Crippen LogP contribution in [0.25, 0.3) is 0 Å². The topological polar surface area (TPSA) is 40.5 Å². The van der Waals surface area contributed by atoms with E-state index in [0.717, 1.165) is 0 Å². The second-order valence-corrected chi connectivity index (χ2v) is 4.45. The van der Waals surface area contributed by atoms with Crippen molar-refractivity contribution in [2.75, 3.05) is 0 Å². The average molecular weight is 190 g/mol. The third-order valence-electron chi connectivity index (χ3n) is 3.83. The highest BCUT2D eigenvalue weighted by Crippen LogP contribution is 2.53. The van der Waals surface area contributed by atoms with Crippen LogP contribution in [0.1, 0.15) is 0 Å². The molecule has 0 heterocycles. The lowest BCUT2D eigenvalue weighted by molar-refractivity contribution is -0.0896. The van der Waals surface area contributed by atoms with E-state index in [-0.39, 0.29) is 5.92 Å². The monoisotopic (exact) mass is 190 g/mol. The van der Waals surface area contributed by atoms with Crippen molar-refractivity contribution in [2.45, 2.75) is 12.2 Å². The Kier molecular flexibility index (Phi) is 1.70. The van der Waals surface area contributed by atoms with E-state index in [0.29, 0.717) is 17.8 Å². The van der Waals surface area contributed by atoms with Crippen LogP contribution < -0.4 is 0 Å². The maximum Gasteiger partial charge on any atom is 0.0983 e. The summed E-state index contributed by atoms with van der Waals surface area (Å²) in [6.07, 6.45) is 11.0. The lowest BCUT2D eigenvalue weighted by atomic mass is 9.51. The smallest absolute Gasteiger partial charge is 0.0983 e. The van der Waals surface area contributed by atoms with Gasteiger partial charge in [0, 0.05) is 5.92 Å². The summed E-state index contributed by atoms with van der Waals surface area (Å²) in [5.41, 5.74) is 0. The molecule has 0 bridgehead atoms. The molecular formula is C12H14O2. The van der Waals surface area contributed by atoms with Crippen LogP contribution in [0.4, 0.5) is 0 Å². The first-order valence-corrected chi connectivity index (χ1v) is 5.18. The zero-order valence-corrected chi connectivity index (χ0v) is 7.82. The number of aliphatic hydroxyl groups is 2. The second-order valence-electron chi connectivity index (χ2n) is 4.45. The van der Waals surface area contributed by atoms with Gasteiger partial charge < -0.3 is 10.2 Å². The van der Waals surface area contributed by atoms with Crippen molar-refractivity contribution < 1.29 is 10.2 Å². The minimum Gasteiger partial charge on any atom is -0.390 e. The minimum atomic E-state index is -0.670. The highest BCUT2D eigenvalue weighted by molar-refractivity contribution is 5.28. The van der Waals surface area contributed by atoms with Crippen molar-refractivity contribution in [3.8, 4) is 0 Å². The van der Waals surface area contributed by atoms with Crippen LogP contribution in [-0.2, 0) is 0 Å². The van der Waals surface area contributed by atoms with Crippen LogP contribution in [0.2, 0.25) is 0 Å². The maximum atomic E-state index is 9.85. The Morgan fingerprint density at radius 2 is 1.36 bits per heavy atom. The SMILES string of the molecule is O[C@H]1[C@@H]2[C@H](C=C[C@H]1O)[C@@H]1C=CC=C[C@@H]12. The number of hydrogen-bond acceptors (Lipinski definition) is 2. The fourth-order valence-corrected chi connectivity index (χ4v) is 3.07. The molecule has 0 aliphatic heterocycles. The molecule has 3 aliphatic carbocycles. The highest BCUT2D eigenvalue weighted by atomic mass is 16.3. The molecule has 0 spiro atoms. The van der Waals surface area contributed by atoms with Crippen LogP contribution in [0.15, 0.2) is 36.5 Å². The van der Waals surface area contributed by atoms with E-state index in [4.69, 9.17) is 0 Å². The summed E-state index contributed by atoms with van der Waals surface area (Å²) in [6.45, 7) is 0. The lowest BCUT2D eigenvalue weighted by Gasteiger charge is -2.54. The van der Waals surface area contributed by atoms with E-state index in [1.807, 2.05) is 6.08 Å². The number of hydrogen-bond donors (Lipinski definition) is 2. The average Bonchev–Trinajstić information content (AvgIpc) is 2.18. The normalized spacial score (nSPS) is 53.6. The predicted octanol–water partition coefficient (Wildman–Crippen LogP) is 0.882. The van der Waals surface area contributed by atoms with Gasteiger partial charge in [0.1, 0.15) is 0 Å². The molecule has 0 aromatic carbocycles. The summed E-state index contributed by atoms with van der Waals surface area (Å²) in [5, 5.41) is 19.4. The molecule has 0 aromatic rings. The van der Waals surface area contributed by atoms with Crippen molar-refractivity contribution in [1.82, 2.24) is 0 Å². The van der Waals surface area contributed by atoms with E-state index in [2.05, 4.69) is 24.3 Å². The van der Waals surface area contributed by atoms with Gasteiger partial charge >= 0.3 is 0 Å². The molecule has 2 N–H and O–H groups in total. The first-order valence-electron chi connectivity index (χ1n) is 5.18. The van der Waals surface area contributed by atoms with E-state index >= 15 is 0 Å². The van der Waals surface area contributed by atoms with Crippen molar-refractivity contribution in [3.05, 3.63) is 36.5 Å². The number of fused-ring (bicyclic) bond motifs is 4. The Morgan fingerprint density at radius 1 is 0.714 bits per heavy atom. The molecule has 14 heavy (non-hydrogen) atoms. The van der Waals surface area contributed by atoms with Gasteiger partial charge in [0.15, 0.2) is 0 Å². The fraction of sp³-hybridized carbons (Fsp3) is 0.500. The molecule has 2 nitrogen and oxygen atoms in total. The third-order valence-corrected chi connectivity index (χ3v) is 3.83. The van der Waals surface area contributed by atoms with Gasteiger partial charge in [-0.1, -0.05) is 36.5 Å². The van der Waals surface area contributed by atoms with Gasteiger partial charge in [-0.15, -0.1) is 0 Å². The second kappa shape index (κ2) is 2.81. The molecule has 0 saturated heterocycles.